The maximum atomic E-state index is 13.3. The molecular formula is C18H14BrFN2O3. The van der Waals surface area contributed by atoms with Gasteiger partial charge in [0.1, 0.15) is 10.3 Å². The van der Waals surface area contributed by atoms with E-state index in [-0.39, 0.29) is 11.7 Å². The van der Waals surface area contributed by atoms with Crippen molar-refractivity contribution >= 4 is 21.9 Å². The molecule has 0 fully saturated rings. The highest BCUT2D eigenvalue weighted by atomic mass is 79.9. The van der Waals surface area contributed by atoms with E-state index in [0.717, 1.165) is 5.69 Å². The van der Waals surface area contributed by atoms with E-state index in [4.69, 9.17) is 9.84 Å². The third kappa shape index (κ3) is 3.56. The van der Waals surface area contributed by atoms with Crippen molar-refractivity contribution < 1.29 is 19.0 Å². The highest BCUT2D eigenvalue weighted by Gasteiger charge is 2.23. The van der Waals surface area contributed by atoms with Gasteiger partial charge in [-0.1, -0.05) is 18.2 Å². The van der Waals surface area contributed by atoms with Crippen LogP contribution in [0.3, 0.4) is 0 Å². The molecule has 3 rings (SSSR count). The zero-order valence-corrected chi connectivity index (χ0v) is 14.8. The average molecular weight is 405 g/mol. The molecular weight excluding hydrogens is 391 g/mol. The quantitative estimate of drug-likeness (QED) is 0.688. The molecule has 128 valence electrons. The lowest BCUT2D eigenvalue weighted by atomic mass is 10.1. The Labute approximate surface area is 151 Å². The Kier molecular flexibility index (Phi) is 4.85. The molecule has 7 heteroatoms. The first-order valence-corrected chi connectivity index (χ1v) is 8.26. The van der Waals surface area contributed by atoms with E-state index in [0.29, 0.717) is 15.7 Å². The zero-order chi connectivity index (χ0) is 18.0. The number of carboxylic acid groups (broad SMARTS) is 1. The van der Waals surface area contributed by atoms with E-state index in [9.17, 15) is 9.18 Å². The van der Waals surface area contributed by atoms with Crippen LogP contribution in [-0.2, 0) is 4.79 Å². The predicted octanol–water partition coefficient (Wildman–Crippen LogP) is 4.29. The molecule has 0 aliphatic carbocycles. The summed E-state index contributed by atoms with van der Waals surface area (Å²) in [6.45, 7) is 1.42. The summed E-state index contributed by atoms with van der Waals surface area (Å²) in [6.07, 6.45) is -1.06. The van der Waals surface area contributed by atoms with Crippen LogP contribution in [0.15, 0.2) is 59.1 Å². The molecule has 1 unspecified atom stereocenters. The lowest BCUT2D eigenvalue weighted by Gasteiger charge is -2.07. The summed E-state index contributed by atoms with van der Waals surface area (Å²) in [7, 11) is 0. The van der Waals surface area contributed by atoms with Gasteiger partial charge in [0, 0.05) is 5.56 Å². The van der Waals surface area contributed by atoms with Crippen LogP contribution >= 0.6 is 15.9 Å². The van der Waals surface area contributed by atoms with Crippen molar-refractivity contribution in [1.29, 1.82) is 0 Å². The van der Waals surface area contributed by atoms with Crippen LogP contribution in [0.5, 0.6) is 5.88 Å². The second kappa shape index (κ2) is 7.06. The summed E-state index contributed by atoms with van der Waals surface area (Å²) in [6, 6.07) is 15.3. The predicted molar refractivity (Wildman–Crippen MR) is 94.4 cm³/mol. The molecule has 1 atom stereocenters. The molecule has 3 aromatic rings. The van der Waals surface area contributed by atoms with Gasteiger partial charge in [-0.15, -0.1) is 5.10 Å². The molecule has 25 heavy (non-hydrogen) atoms. The molecule has 0 bridgehead atoms. The number of nitrogens with zero attached hydrogens (tertiary/aromatic N) is 2. The lowest BCUT2D eigenvalue weighted by Crippen LogP contribution is -2.23. The number of benzene rings is 2. The van der Waals surface area contributed by atoms with E-state index >= 15 is 0 Å². The van der Waals surface area contributed by atoms with E-state index in [2.05, 4.69) is 21.0 Å². The molecule has 5 nitrogen and oxygen atoms in total. The van der Waals surface area contributed by atoms with Crippen LogP contribution < -0.4 is 4.74 Å². The van der Waals surface area contributed by atoms with Gasteiger partial charge in [0.15, 0.2) is 6.10 Å². The lowest BCUT2D eigenvalue weighted by molar-refractivity contribution is -0.144. The van der Waals surface area contributed by atoms with Gasteiger partial charge in [-0.2, -0.15) is 0 Å². The number of hydrogen-bond donors (Lipinski definition) is 1. The van der Waals surface area contributed by atoms with Crippen molar-refractivity contribution in [2.24, 2.45) is 0 Å². The van der Waals surface area contributed by atoms with Gasteiger partial charge in [-0.05, 0) is 59.3 Å². The molecule has 0 aliphatic heterocycles. The first-order valence-electron chi connectivity index (χ1n) is 7.46. The van der Waals surface area contributed by atoms with Crippen LogP contribution in [0.25, 0.3) is 16.9 Å². The monoisotopic (exact) mass is 404 g/mol. The largest absolute Gasteiger partial charge is 0.479 e. The molecule has 0 radical (unpaired) electrons. The fourth-order valence-electron chi connectivity index (χ4n) is 2.28. The normalized spacial score (nSPS) is 12.0. The van der Waals surface area contributed by atoms with E-state index < -0.39 is 12.1 Å². The minimum atomic E-state index is -1.09. The standard InChI is InChI=1S/C18H14BrFN2O3/c1-11(18(23)24)25-17-15(19)16(12-7-9-13(20)10-8-12)22(21-17)14-5-3-2-4-6-14/h2-11H,1H3,(H,23,24). The summed E-state index contributed by atoms with van der Waals surface area (Å²) in [5.41, 5.74) is 2.11. The molecule has 0 spiro atoms. The summed E-state index contributed by atoms with van der Waals surface area (Å²) in [5.74, 6) is -1.29. The van der Waals surface area contributed by atoms with Crippen LogP contribution in [0.2, 0.25) is 0 Å². The molecule has 1 N–H and O–H groups in total. The highest BCUT2D eigenvalue weighted by Crippen LogP contribution is 2.37. The SMILES string of the molecule is CC(Oc1nn(-c2ccccc2)c(-c2ccc(F)cc2)c1Br)C(=O)O. The Morgan fingerprint density at radius 1 is 1.20 bits per heavy atom. The fourth-order valence-corrected chi connectivity index (χ4v) is 2.85. The van der Waals surface area contributed by atoms with Gasteiger partial charge in [0.25, 0.3) is 0 Å². The summed E-state index contributed by atoms with van der Waals surface area (Å²) in [4.78, 5) is 11.1. The number of rotatable bonds is 5. The van der Waals surface area contributed by atoms with Gasteiger partial charge < -0.3 is 9.84 Å². The number of hydrogen-bond acceptors (Lipinski definition) is 3. The average Bonchev–Trinajstić information content (AvgIpc) is 2.93. The molecule has 0 saturated carbocycles. The first-order chi connectivity index (χ1) is 12.0. The topological polar surface area (TPSA) is 64.4 Å². The number of carboxylic acids is 1. The molecule has 0 saturated heterocycles. The fraction of sp³-hybridized carbons (Fsp3) is 0.111. The molecule has 1 aromatic heterocycles. The van der Waals surface area contributed by atoms with Crippen molar-refractivity contribution in [3.05, 3.63) is 64.9 Å². The summed E-state index contributed by atoms with van der Waals surface area (Å²) >= 11 is 3.44. The van der Waals surface area contributed by atoms with Crippen molar-refractivity contribution in [3.8, 4) is 22.8 Å². The minimum Gasteiger partial charge on any atom is -0.479 e. The Morgan fingerprint density at radius 2 is 1.84 bits per heavy atom. The van der Waals surface area contributed by atoms with Crippen LogP contribution in [0, 0.1) is 5.82 Å². The van der Waals surface area contributed by atoms with Gasteiger partial charge in [-0.3, -0.25) is 0 Å². The van der Waals surface area contributed by atoms with E-state index in [1.165, 1.54) is 19.1 Å². The van der Waals surface area contributed by atoms with Gasteiger partial charge in [-0.25, -0.2) is 13.9 Å². The smallest absolute Gasteiger partial charge is 0.344 e. The number of ether oxygens (including phenoxy) is 1. The van der Waals surface area contributed by atoms with Crippen LogP contribution in [0.1, 0.15) is 6.92 Å². The molecule has 0 aliphatic rings. The Bertz CT molecular complexity index is 895. The number of halogens is 2. The number of aliphatic carboxylic acids is 1. The van der Waals surface area contributed by atoms with Crippen molar-refractivity contribution in [2.75, 3.05) is 0 Å². The van der Waals surface area contributed by atoms with Crippen molar-refractivity contribution in [3.63, 3.8) is 0 Å². The molecule has 1 heterocycles. The van der Waals surface area contributed by atoms with E-state index in [1.54, 1.807) is 16.8 Å². The summed E-state index contributed by atoms with van der Waals surface area (Å²) in [5, 5.41) is 13.5. The van der Waals surface area contributed by atoms with Crippen molar-refractivity contribution in [1.82, 2.24) is 9.78 Å². The second-order valence-corrected chi connectivity index (χ2v) is 6.11. The maximum Gasteiger partial charge on any atom is 0.344 e. The van der Waals surface area contributed by atoms with Crippen LogP contribution in [-0.4, -0.2) is 27.0 Å². The summed E-state index contributed by atoms with van der Waals surface area (Å²) < 4.78 is 20.8. The van der Waals surface area contributed by atoms with E-state index in [1.807, 2.05) is 30.3 Å². The third-order valence-corrected chi connectivity index (χ3v) is 4.27. The maximum absolute atomic E-state index is 13.3. The Morgan fingerprint density at radius 3 is 2.44 bits per heavy atom. The van der Waals surface area contributed by atoms with Gasteiger partial charge >= 0.3 is 5.97 Å². The Balaban J connectivity index is 2.15. The van der Waals surface area contributed by atoms with Crippen molar-refractivity contribution in [2.45, 2.75) is 13.0 Å². The highest BCUT2D eigenvalue weighted by molar-refractivity contribution is 9.10. The number of aromatic nitrogens is 2. The second-order valence-electron chi connectivity index (χ2n) is 5.32. The van der Waals surface area contributed by atoms with Gasteiger partial charge in [0.05, 0.1) is 11.4 Å². The molecule has 0 amide bonds. The van der Waals surface area contributed by atoms with Crippen LogP contribution in [0.4, 0.5) is 4.39 Å². The Hall–Kier alpha value is -2.67. The number of carbonyl (C=O) groups is 1. The first kappa shape index (κ1) is 17.2. The third-order valence-electron chi connectivity index (χ3n) is 3.55. The molecule has 2 aromatic carbocycles. The minimum absolute atomic E-state index is 0.151. The number of para-hydroxylation sites is 1. The zero-order valence-electron chi connectivity index (χ0n) is 13.2. The van der Waals surface area contributed by atoms with Gasteiger partial charge in [0.2, 0.25) is 5.88 Å².